The first-order chi connectivity index (χ1) is 18.0. The number of hydrogen-bond donors (Lipinski definition) is 1. The van der Waals surface area contributed by atoms with Gasteiger partial charge in [0.15, 0.2) is 11.5 Å². The van der Waals surface area contributed by atoms with E-state index in [0.29, 0.717) is 28.3 Å². The summed E-state index contributed by atoms with van der Waals surface area (Å²) in [6.45, 7) is 3.88. The molecule has 2 aromatic heterocycles. The first-order valence-electron chi connectivity index (χ1n) is 12.0. The standard InChI is InChI=1S/C26H24F3N5O4/c1-13(15-4-5-15)33-12-18-10-16(6-7-19(18)24(33)36)17-8-9-31-20(11-17)22-32-21(23(35)30-3)14(2)34(22)38-25(37)26(27,28)29/h6-11,13,15H,4-5,12H2,1-3H3,(H,30,35)/t13-/m0/s1. The molecule has 2 aliphatic rings. The summed E-state index contributed by atoms with van der Waals surface area (Å²) < 4.78 is 39.4. The van der Waals surface area contributed by atoms with Crippen molar-refractivity contribution in [1.82, 2.24) is 24.9 Å². The molecule has 0 saturated heterocycles. The van der Waals surface area contributed by atoms with Crippen LogP contribution < -0.4 is 10.2 Å². The van der Waals surface area contributed by atoms with Gasteiger partial charge in [0.05, 0.1) is 5.69 Å². The van der Waals surface area contributed by atoms with E-state index in [2.05, 4.69) is 27.0 Å². The fourth-order valence-electron chi connectivity index (χ4n) is 4.65. The van der Waals surface area contributed by atoms with Crippen molar-refractivity contribution in [2.45, 2.75) is 45.5 Å². The first kappa shape index (κ1) is 25.4. The summed E-state index contributed by atoms with van der Waals surface area (Å²) >= 11 is 0. The third-order valence-electron chi connectivity index (χ3n) is 6.96. The van der Waals surface area contributed by atoms with E-state index < -0.39 is 18.1 Å². The molecule has 12 heteroatoms. The highest BCUT2D eigenvalue weighted by Crippen LogP contribution is 2.39. The number of nitrogens with one attached hydrogen (secondary N) is 1. The van der Waals surface area contributed by atoms with Crippen molar-refractivity contribution < 1.29 is 32.4 Å². The second-order valence-electron chi connectivity index (χ2n) is 9.43. The maximum absolute atomic E-state index is 12.9. The highest BCUT2D eigenvalue weighted by Gasteiger charge is 2.43. The van der Waals surface area contributed by atoms with E-state index in [1.807, 2.05) is 11.0 Å². The van der Waals surface area contributed by atoms with Crippen molar-refractivity contribution in [2.24, 2.45) is 5.92 Å². The number of halogens is 3. The Kier molecular flexibility index (Phi) is 6.20. The molecule has 5 rings (SSSR count). The number of imidazole rings is 1. The highest BCUT2D eigenvalue weighted by molar-refractivity contribution is 5.99. The number of fused-ring (bicyclic) bond motifs is 1. The van der Waals surface area contributed by atoms with Crippen LogP contribution in [0, 0.1) is 12.8 Å². The third kappa shape index (κ3) is 4.50. The lowest BCUT2D eigenvalue weighted by atomic mass is 10.0. The van der Waals surface area contributed by atoms with Crippen LogP contribution in [0.2, 0.25) is 0 Å². The minimum absolute atomic E-state index is 0.00656. The molecule has 0 unspecified atom stereocenters. The molecular weight excluding hydrogens is 503 g/mol. The Morgan fingerprint density at radius 1 is 1.16 bits per heavy atom. The summed E-state index contributed by atoms with van der Waals surface area (Å²) in [5.74, 6) is -2.84. The predicted octanol–water partition coefficient (Wildman–Crippen LogP) is 3.55. The molecule has 2 amide bonds. The molecule has 1 N–H and O–H groups in total. The lowest BCUT2D eigenvalue weighted by Crippen LogP contribution is -2.34. The molecule has 198 valence electrons. The van der Waals surface area contributed by atoms with Gasteiger partial charge in [0.1, 0.15) is 5.69 Å². The molecule has 1 fully saturated rings. The number of amides is 2. The van der Waals surface area contributed by atoms with E-state index in [1.54, 1.807) is 24.3 Å². The quantitative estimate of drug-likeness (QED) is 0.526. The normalized spacial score (nSPS) is 15.8. The van der Waals surface area contributed by atoms with Gasteiger partial charge in [-0.25, -0.2) is 9.78 Å². The summed E-state index contributed by atoms with van der Waals surface area (Å²) in [6, 6.07) is 8.90. The number of carbonyl (C=O) groups excluding carboxylic acids is 3. The number of pyridine rings is 1. The number of rotatable bonds is 6. The van der Waals surface area contributed by atoms with Gasteiger partial charge in [-0.05, 0) is 73.6 Å². The number of benzene rings is 1. The Hall–Kier alpha value is -4.22. The van der Waals surface area contributed by atoms with Crippen LogP contribution in [-0.4, -0.2) is 56.6 Å². The molecule has 1 aromatic carbocycles. The zero-order chi connectivity index (χ0) is 27.4. The fraction of sp³-hybridized carbons (Fsp3) is 0.346. The Morgan fingerprint density at radius 3 is 2.53 bits per heavy atom. The second kappa shape index (κ2) is 9.26. The van der Waals surface area contributed by atoms with Crippen LogP contribution in [0.25, 0.3) is 22.6 Å². The second-order valence-corrected chi connectivity index (χ2v) is 9.43. The summed E-state index contributed by atoms with van der Waals surface area (Å²) in [4.78, 5) is 51.6. The minimum atomic E-state index is -5.26. The van der Waals surface area contributed by atoms with Crippen molar-refractivity contribution in [1.29, 1.82) is 0 Å². The summed E-state index contributed by atoms with van der Waals surface area (Å²) in [5, 5.41) is 2.36. The Bertz CT molecular complexity index is 1460. The van der Waals surface area contributed by atoms with Crippen LogP contribution in [0.15, 0.2) is 36.5 Å². The molecule has 3 heterocycles. The molecule has 1 saturated carbocycles. The molecule has 1 atom stereocenters. The summed E-state index contributed by atoms with van der Waals surface area (Å²) in [6.07, 6.45) is -1.57. The number of aromatic nitrogens is 3. The van der Waals surface area contributed by atoms with Gasteiger partial charge in [0.2, 0.25) is 0 Å². The van der Waals surface area contributed by atoms with E-state index in [9.17, 15) is 27.6 Å². The SMILES string of the molecule is CNC(=O)c1nc(-c2cc(-c3ccc4c(c3)CN([C@@H](C)C3CC3)C4=O)ccn2)n(OC(=O)C(F)(F)F)c1C. The topological polar surface area (TPSA) is 106 Å². The van der Waals surface area contributed by atoms with Crippen LogP contribution in [-0.2, 0) is 11.3 Å². The monoisotopic (exact) mass is 527 g/mol. The van der Waals surface area contributed by atoms with Crippen molar-refractivity contribution in [3.8, 4) is 22.6 Å². The molecule has 0 bridgehead atoms. The maximum atomic E-state index is 12.9. The number of alkyl halides is 3. The lowest BCUT2D eigenvalue weighted by Gasteiger charge is -2.23. The minimum Gasteiger partial charge on any atom is -0.354 e. The molecular formula is C26H24F3N5O4. The van der Waals surface area contributed by atoms with Crippen molar-refractivity contribution in [3.05, 3.63) is 59.0 Å². The van der Waals surface area contributed by atoms with E-state index in [-0.39, 0.29) is 34.9 Å². The number of nitrogens with zero attached hydrogens (tertiary/aromatic N) is 4. The van der Waals surface area contributed by atoms with Gasteiger partial charge in [0, 0.05) is 31.4 Å². The average molecular weight is 528 g/mol. The fourth-order valence-corrected chi connectivity index (χ4v) is 4.65. The van der Waals surface area contributed by atoms with E-state index in [0.717, 1.165) is 24.0 Å². The van der Waals surface area contributed by atoms with Gasteiger partial charge in [-0.15, -0.1) is 0 Å². The smallest absolute Gasteiger partial charge is 0.354 e. The number of carbonyl (C=O) groups is 3. The Balaban J connectivity index is 1.51. The molecule has 3 aromatic rings. The van der Waals surface area contributed by atoms with Gasteiger partial charge in [-0.2, -0.15) is 17.9 Å². The van der Waals surface area contributed by atoms with Crippen LogP contribution in [0.5, 0.6) is 0 Å². The average Bonchev–Trinajstić information content (AvgIpc) is 3.63. The van der Waals surface area contributed by atoms with Crippen molar-refractivity contribution in [3.63, 3.8) is 0 Å². The Labute approximate surface area is 215 Å². The van der Waals surface area contributed by atoms with Gasteiger partial charge in [0.25, 0.3) is 11.8 Å². The van der Waals surface area contributed by atoms with Crippen LogP contribution in [0.1, 0.15) is 51.9 Å². The molecule has 9 nitrogen and oxygen atoms in total. The van der Waals surface area contributed by atoms with Crippen LogP contribution >= 0.6 is 0 Å². The molecule has 0 spiro atoms. The summed E-state index contributed by atoms with van der Waals surface area (Å²) in [5.41, 5.74) is 2.70. The molecule has 0 radical (unpaired) electrons. The van der Waals surface area contributed by atoms with Crippen molar-refractivity contribution >= 4 is 17.8 Å². The van der Waals surface area contributed by atoms with Crippen LogP contribution in [0.4, 0.5) is 13.2 Å². The largest absolute Gasteiger partial charge is 0.493 e. The van der Waals surface area contributed by atoms with E-state index in [1.165, 1.54) is 20.2 Å². The molecule has 1 aliphatic heterocycles. The van der Waals surface area contributed by atoms with Gasteiger partial charge in [-0.3, -0.25) is 14.6 Å². The zero-order valence-corrected chi connectivity index (χ0v) is 20.8. The predicted molar refractivity (Wildman–Crippen MR) is 129 cm³/mol. The molecule has 38 heavy (non-hydrogen) atoms. The van der Waals surface area contributed by atoms with Gasteiger partial charge in [-0.1, -0.05) is 6.07 Å². The van der Waals surface area contributed by atoms with Gasteiger partial charge < -0.3 is 15.1 Å². The highest BCUT2D eigenvalue weighted by atomic mass is 19.4. The Morgan fingerprint density at radius 2 is 1.87 bits per heavy atom. The van der Waals surface area contributed by atoms with E-state index in [4.69, 9.17) is 0 Å². The van der Waals surface area contributed by atoms with Crippen LogP contribution in [0.3, 0.4) is 0 Å². The maximum Gasteiger partial charge on any atom is 0.493 e. The first-order valence-corrected chi connectivity index (χ1v) is 12.0. The van der Waals surface area contributed by atoms with Gasteiger partial charge >= 0.3 is 12.1 Å². The van der Waals surface area contributed by atoms with E-state index >= 15 is 0 Å². The third-order valence-corrected chi connectivity index (χ3v) is 6.96. The summed E-state index contributed by atoms with van der Waals surface area (Å²) in [7, 11) is 1.34. The molecule has 1 aliphatic carbocycles. The number of hydrogen-bond acceptors (Lipinski definition) is 6. The van der Waals surface area contributed by atoms with Crippen molar-refractivity contribution in [2.75, 3.05) is 7.05 Å². The zero-order valence-electron chi connectivity index (χ0n) is 20.8. The lowest BCUT2D eigenvalue weighted by molar-refractivity contribution is -0.199.